The molecule has 0 aliphatic carbocycles. The number of phosphoric ester groups is 1. The van der Waals surface area contributed by atoms with Crippen LogP contribution < -0.4 is 0 Å². The van der Waals surface area contributed by atoms with Crippen molar-refractivity contribution < 1.29 is 42.1 Å². The van der Waals surface area contributed by atoms with E-state index in [2.05, 4.69) is 233 Å². The van der Waals surface area contributed by atoms with Crippen molar-refractivity contribution in [1.82, 2.24) is 0 Å². The third-order valence-electron chi connectivity index (χ3n) is 14.5. The molecule has 0 amide bonds. The van der Waals surface area contributed by atoms with Gasteiger partial charge in [-0.15, -0.1) is 0 Å². The zero-order valence-electron chi connectivity index (χ0n) is 59.8. The summed E-state index contributed by atoms with van der Waals surface area (Å²) in [5, 5.41) is 0. The Bertz CT molecular complexity index is 2390. The van der Waals surface area contributed by atoms with E-state index in [-0.39, 0.29) is 26.1 Å². The van der Waals surface area contributed by atoms with Crippen LogP contribution in [0.15, 0.2) is 219 Å². The van der Waals surface area contributed by atoms with E-state index in [1.54, 1.807) is 0 Å². The Morgan fingerprint density at radius 3 is 0.851 bits per heavy atom. The quantitative estimate of drug-likeness (QED) is 0.0211. The standard InChI is InChI=1S/C84H132NO8P/c1-6-8-10-12-14-16-18-20-22-24-26-28-30-32-34-36-38-39-40-41-42-43-44-45-47-49-51-53-55-57-59-61-63-65-67-69-71-73-75-77-84(87)93-82(81-92-94(88,89)91-79-78-85(3,4)5)80-90-83(86)76-74-72-70-68-66-64-62-60-58-56-54-52-50-48-46-37-35-33-31-29-27-25-23-21-19-17-15-13-11-9-7-2/h8-11,14-17,20-23,26-29,32-35,38-39,41-42,44-46,48-49,51-52,54-55,57-58,60,82H,6-7,12-13,18-19,24-25,30-31,36-37,40,43,47,50,53,56,59,61-81H2,1-5H3/p+1/b10-8-,11-9-,16-14-,17-15-,22-20-,23-21-,28-26-,29-27-,34-32-,35-33-,39-38-,42-41-,45-44-,48-46-,51-49-,54-52-,57-55-,60-58-. The number of allylic oxidation sites excluding steroid dienone is 36. The highest BCUT2D eigenvalue weighted by Crippen LogP contribution is 2.43. The van der Waals surface area contributed by atoms with Crippen molar-refractivity contribution in [3.63, 3.8) is 0 Å². The van der Waals surface area contributed by atoms with Gasteiger partial charge in [0.2, 0.25) is 0 Å². The second-order valence-electron chi connectivity index (χ2n) is 24.5. The molecule has 94 heavy (non-hydrogen) atoms. The summed E-state index contributed by atoms with van der Waals surface area (Å²) < 4.78 is 34.7. The van der Waals surface area contributed by atoms with Crippen LogP contribution >= 0.6 is 7.82 Å². The van der Waals surface area contributed by atoms with E-state index in [1.807, 2.05) is 21.1 Å². The molecule has 10 heteroatoms. The Labute approximate surface area is 576 Å². The highest BCUT2D eigenvalue weighted by Gasteiger charge is 2.27. The zero-order valence-corrected chi connectivity index (χ0v) is 60.7. The summed E-state index contributed by atoms with van der Waals surface area (Å²) in [6.45, 7) is 4.15. The average molecular weight is 1320 g/mol. The van der Waals surface area contributed by atoms with Gasteiger partial charge in [-0.3, -0.25) is 18.6 Å². The van der Waals surface area contributed by atoms with Gasteiger partial charge in [-0.25, -0.2) is 4.57 Å². The second-order valence-corrected chi connectivity index (χ2v) is 26.0. The van der Waals surface area contributed by atoms with Gasteiger partial charge in [-0.05, 0) is 154 Å². The minimum Gasteiger partial charge on any atom is -0.462 e. The Morgan fingerprint density at radius 1 is 0.330 bits per heavy atom. The topological polar surface area (TPSA) is 108 Å². The van der Waals surface area contributed by atoms with E-state index in [9.17, 15) is 19.0 Å². The first kappa shape index (κ1) is 88.3. The normalized spacial score (nSPS) is 14.4. The van der Waals surface area contributed by atoms with Gasteiger partial charge in [0.1, 0.15) is 19.8 Å². The lowest BCUT2D eigenvalue weighted by Gasteiger charge is -2.24. The summed E-state index contributed by atoms with van der Waals surface area (Å²) in [7, 11) is 1.43. The molecule has 2 unspecified atom stereocenters. The summed E-state index contributed by atoms with van der Waals surface area (Å²) >= 11 is 0. The molecule has 0 aromatic rings. The Hall–Kier alpha value is -5.67. The first-order valence-corrected chi connectivity index (χ1v) is 38.0. The molecular weight excluding hydrogens is 1180 g/mol. The maximum Gasteiger partial charge on any atom is 0.472 e. The summed E-state index contributed by atoms with van der Waals surface area (Å²) in [5.74, 6) is -0.840. The molecule has 526 valence electrons. The number of phosphoric acid groups is 1. The summed E-state index contributed by atoms with van der Waals surface area (Å²) in [5.41, 5.74) is 0. The minimum absolute atomic E-state index is 0.0149. The lowest BCUT2D eigenvalue weighted by Crippen LogP contribution is -2.37. The first-order valence-electron chi connectivity index (χ1n) is 36.5. The molecule has 0 saturated carbocycles. The zero-order chi connectivity index (χ0) is 68.3. The van der Waals surface area contributed by atoms with E-state index in [1.165, 1.54) is 25.7 Å². The van der Waals surface area contributed by atoms with Gasteiger partial charge in [-0.2, -0.15) is 0 Å². The second kappa shape index (κ2) is 71.6. The third kappa shape index (κ3) is 75.4. The van der Waals surface area contributed by atoms with Crippen LogP contribution in [0.25, 0.3) is 0 Å². The lowest BCUT2D eigenvalue weighted by molar-refractivity contribution is -0.870. The molecule has 0 aliphatic heterocycles. The molecule has 0 aromatic heterocycles. The number of nitrogens with zero attached hydrogens (tertiary/aromatic N) is 1. The number of ether oxygens (including phenoxy) is 2. The van der Waals surface area contributed by atoms with Crippen LogP contribution in [0.1, 0.15) is 245 Å². The number of likely N-dealkylation sites (N-methyl/N-ethyl adjacent to an activating group) is 1. The van der Waals surface area contributed by atoms with Crippen LogP contribution in [0, 0.1) is 0 Å². The van der Waals surface area contributed by atoms with Crippen LogP contribution in [0.4, 0.5) is 0 Å². The van der Waals surface area contributed by atoms with Crippen LogP contribution in [0.5, 0.6) is 0 Å². The maximum atomic E-state index is 12.9. The minimum atomic E-state index is -4.42. The molecule has 0 spiro atoms. The van der Waals surface area contributed by atoms with Gasteiger partial charge < -0.3 is 18.9 Å². The molecule has 0 saturated heterocycles. The van der Waals surface area contributed by atoms with E-state index in [0.29, 0.717) is 23.9 Å². The van der Waals surface area contributed by atoms with Crippen LogP contribution in [0.3, 0.4) is 0 Å². The fourth-order valence-electron chi connectivity index (χ4n) is 9.00. The molecule has 0 heterocycles. The van der Waals surface area contributed by atoms with Gasteiger partial charge in [0.05, 0.1) is 27.7 Å². The molecule has 9 nitrogen and oxygen atoms in total. The third-order valence-corrected chi connectivity index (χ3v) is 15.5. The van der Waals surface area contributed by atoms with Gasteiger partial charge in [0.25, 0.3) is 0 Å². The highest BCUT2D eigenvalue weighted by atomic mass is 31.2. The number of hydrogen-bond donors (Lipinski definition) is 1. The largest absolute Gasteiger partial charge is 0.472 e. The van der Waals surface area contributed by atoms with Crippen molar-refractivity contribution in [2.75, 3.05) is 47.5 Å². The predicted molar refractivity (Wildman–Crippen MR) is 408 cm³/mol. The van der Waals surface area contributed by atoms with Crippen LogP contribution in [-0.2, 0) is 32.7 Å². The Kier molecular flexibility index (Phi) is 67.3. The SMILES string of the molecule is CC/C=C\C/C=C\C/C=C\C/C=C\C/C=C\C/C=C\C/C=C\C/C=C\C/C=C\C/C=C\CCCCCCCCCCC(=O)OC(COC(=O)CCCCCCCC/C=C\C/C=C\C/C=C\C/C=C\C/C=C\C/C=C\C/C=C\C/C=C\CC)COP(=O)(O)OCC[N+](C)(C)C. The van der Waals surface area contributed by atoms with Gasteiger partial charge in [0, 0.05) is 12.8 Å². The van der Waals surface area contributed by atoms with Gasteiger partial charge >= 0.3 is 19.8 Å². The first-order chi connectivity index (χ1) is 46.0. The molecule has 1 N–H and O–H groups in total. The fraction of sp³-hybridized carbons (Fsp3) is 0.548. The Morgan fingerprint density at radius 2 is 0.574 bits per heavy atom. The Balaban J connectivity index is 4.19. The number of hydrogen-bond acceptors (Lipinski definition) is 7. The molecular formula is C84H133NO8P+. The molecule has 0 fully saturated rings. The number of rotatable bonds is 64. The molecule has 0 bridgehead atoms. The summed E-state index contributed by atoms with van der Waals surface area (Å²) in [6.07, 6.45) is 115. The van der Waals surface area contributed by atoms with E-state index in [0.717, 1.165) is 180 Å². The van der Waals surface area contributed by atoms with Crippen molar-refractivity contribution in [2.24, 2.45) is 0 Å². The fourth-order valence-corrected chi connectivity index (χ4v) is 9.74. The summed E-state index contributed by atoms with van der Waals surface area (Å²) in [6, 6.07) is 0. The predicted octanol–water partition coefficient (Wildman–Crippen LogP) is 24.4. The van der Waals surface area contributed by atoms with Crippen molar-refractivity contribution in [3.8, 4) is 0 Å². The van der Waals surface area contributed by atoms with Crippen molar-refractivity contribution >= 4 is 19.8 Å². The molecule has 2 atom stereocenters. The number of quaternary nitrogens is 1. The number of carbonyl (C=O) groups is 2. The maximum absolute atomic E-state index is 12.9. The van der Waals surface area contributed by atoms with E-state index in [4.69, 9.17) is 18.5 Å². The van der Waals surface area contributed by atoms with E-state index >= 15 is 0 Å². The number of esters is 2. The number of unbranched alkanes of at least 4 members (excludes halogenated alkanes) is 14. The van der Waals surface area contributed by atoms with Crippen LogP contribution in [0.2, 0.25) is 0 Å². The molecule has 0 radical (unpaired) electrons. The number of carbonyl (C=O) groups excluding carboxylic acids is 2. The average Bonchev–Trinajstić information content (AvgIpc) is 1.56. The smallest absolute Gasteiger partial charge is 0.462 e. The molecule has 0 aliphatic rings. The molecule has 0 rings (SSSR count). The molecule has 0 aromatic carbocycles. The lowest BCUT2D eigenvalue weighted by atomic mass is 10.1. The highest BCUT2D eigenvalue weighted by molar-refractivity contribution is 7.47. The van der Waals surface area contributed by atoms with Crippen molar-refractivity contribution in [2.45, 2.75) is 251 Å². The van der Waals surface area contributed by atoms with E-state index < -0.39 is 32.5 Å². The van der Waals surface area contributed by atoms with Crippen molar-refractivity contribution in [3.05, 3.63) is 219 Å². The monoisotopic (exact) mass is 1310 g/mol. The van der Waals surface area contributed by atoms with Gasteiger partial charge in [-0.1, -0.05) is 297 Å². The van der Waals surface area contributed by atoms with Gasteiger partial charge in [0.15, 0.2) is 6.10 Å². The summed E-state index contributed by atoms with van der Waals surface area (Å²) in [4.78, 5) is 35.9. The van der Waals surface area contributed by atoms with Crippen LogP contribution in [-0.4, -0.2) is 74.9 Å². The van der Waals surface area contributed by atoms with Crippen molar-refractivity contribution in [1.29, 1.82) is 0 Å².